The molecule has 1 saturated heterocycles. The van der Waals surface area contributed by atoms with Gasteiger partial charge in [-0.25, -0.2) is 0 Å². The van der Waals surface area contributed by atoms with Crippen molar-refractivity contribution in [2.75, 3.05) is 18.1 Å². The van der Waals surface area contributed by atoms with Crippen molar-refractivity contribution in [3.05, 3.63) is 94.0 Å². The third kappa shape index (κ3) is 5.20. The van der Waals surface area contributed by atoms with Gasteiger partial charge in [0.15, 0.2) is 0 Å². The molecule has 1 unspecified atom stereocenters. The van der Waals surface area contributed by atoms with E-state index < -0.39 is 17.7 Å². The fourth-order valence-corrected chi connectivity index (χ4v) is 4.62. The number of nitrogens with zero attached hydrogens (tertiary/aromatic N) is 1. The number of hydrogen-bond donors (Lipinski definition) is 1. The van der Waals surface area contributed by atoms with E-state index in [1.54, 1.807) is 30.3 Å². The van der Waals surface area contributed by atoms with E-state index in [4.69, 9.17) is 21.1 Å². The van der Waals surface area contributed by atoms with Crippen molar-refractivity contribution in [2.24, 2.45) is 0 Å². The molecule has 1 atom stereocenters. The second kappa shape index (κ2) is 11.1. The molecule has 0 spiro atoms. The highest BCUT2D eigenvalue weighted by Gasteiger charge is 2.47. The fraction of sp³-hybridized carbons (Fsp3) is 0.267. The summed E-state index contributed by atoms with van der Waals surface area (Å²) in [6.45, 7) is 8.72. The molecule has 1 aliphatic heterocycles. The Morgan fingerprint density at radius 1 is 0.973 bits per heavy atom. The van der Waals surface area contributed by atoms with Crippen LogP contribution in [0, 0.1) is 0 Å². The lowest BCUT2D eigenvalue weighted by Crippen LogP contribution is -2.29. The van der Waals surface area contributed by atoms with E-state index in [1.807, 2.05) is 50.2 Å². The number of anilines is 1. The first-order chi connectivity index (χ1) is 17.8. The van der Waals surface area contributed by atoms with Crippen LogP contribution in [0.1, 0.15) is 56.3 Å². The summed E-state index contributed by atoms with van der Waals surface area (Å²) in [5.41, 5.74) is 2.62. The van der Waals surface area contributed by atoms with Gasteiger partial charge in [-0.05, 0) is 73.4 Å². The number of benzene rings is 3. The Hall–Kier alpha value is -3.77. The molecular formula is C30H30ClNO5. The quantitative estimate of drug-likeness (QED) is 0.199. The highest BCUT2D eigenvalue weighted by Crippen LogP contribution is 2.43. The van der Waals surface area contributed by atoms with Crippen LogP contribution in [0.4, 0.5) is 5.69 Å². The van der Waals surface area contributed by atoms with Crippen molar-refractivity contribution in [3.63, 3.8) is 0 Å². The zero-order valence-electron chi connectivity index (χ0n) is 21.3. The summed E-state index contributed by atoms with van der Waals surface area (Å²) in [4.78, 5) is 28.3. The van der Waals surface area contributed by atoms with Crippen molar-refractivity contribution in [2.45, 2.75) is 39.7 Å². The van der Waals surface area contributed by atoms with E-state index in [2.05, 4.69) is 13.8 Å². The summed E-state index contributed by atoms with van der Waals surface area (Å²) < 4.78 is 11.2. The summed E-state index contributed by atoms with van der Waals surface area (Å²) in [5.74, 6) is -0.501. The highest BCUT2D eigenvalue weighted by atomic mass is 35.5. The Morgan fingerprint density at radius 3 is 2.32 bits per heavy atom. The molecule has 1 heterocycles. The van der Waals surface area contributed by atoms with Crippen molar-refractivity contribution in [3.8, 4) is 11.5 Å². The third-order valence-electron chi connectivity index (χ3n) is 6.27. The molecule has 4 rings (SSSR count). The Balaban J connectivity index is 1.91. The molecule has 0 radical (unpaired) electrons. The molecule has 0 aromatic heterocycles. The molecule has 0 saturated carbocycles. The molecule has 3 aromatic rings. The predicted octanol–water partition coefficient (Wildman–Crippen LogP) is 6.89. The Morgan fingerprint density at radius 2 is 1.68 bits per heavy atom. The van der Waals surface area contributed by atoms with Crippen molar-refractivity contribution in [1.82, 2.24) is 0 Å². The molecular weight excluding hydrogens is 490 g/mol. The SMILES string of the molecule is CCOc1cccc(C2/C(=C(/O)c3ccc(Cl)c(OCC)c3)C(=O)C(=O)N2c2ccc(C(C)C)cc2)c1. The number of rotatable bonds is 8. The topological polar surface area (TPSA) is 76.1 Å². The molecule has 1 N–H and O–H groups in total. The van der Waals surface area contributed by atoms with Gasteiger partial charge in [-0.1, -0.05) is 49.7 Å². The number of halogens is 1. The molecule has 6 nitrogen and oxygen atoms in total. The average Bonchev–Trinajstić information content (AvgIpc) is 3.15. The highest BCUT2D eigenvalue weighted by molar-refractivity contribution is 6.51. The van der Waals surface area contributed by atoms with Crippen LogP contribution in [0.15, 0.2) is 72.3 Å². The molecule has 7 heteroatoms. The number of carbonyl (C=O) groups excluding carboxylic acids is 2. The van der Waals surface area contributed by atoms with E-state index in [-0.39, 0.29) is 11.3 Å². The van der Waals surface area contributed by atoms with Gasteiger partial charge in [0.1, 0.15) is 17.3 Å². The summed E-state index contributed by atoms with van der Waals surface area (Å²) in [6, 6.07) is 18.7. The fourth-order valence-electron chi connectivity index (χ4n) is 4.45. The summed E-state index contributed by atoms with van der Waals surface area (Å²) in [5, 5.41) is 11.8. The molecule has 0 bridgehead atoms. The third-order valence-corrected chi connectivity index (χ3v) is 6.58. The lowest BCUT2D eigenvalue weighted by molar-refractivity contribution is -0.132. The van der Waals surface area contributed by atoms with Crippen LogP contribution in [-0.2, 0) is 9.59 Å². The number of ether oxygens (including phenoxy) is 2. The van der Waals surface area contributed by atoms with Gasteiger partial charge in [0.2, 0.25) is 0 Å². The molecule has 37 heavy (non-hydrogen) atoms. The number of aliphatic hydroxyl groups excluding tert-OH is 1. The maximum absolute atomic E-state index is 13.5. The normalized spacial score (nSPS) is 16.9. The maximum Gasteiger partial charge on any atom is 0.300 e. The van der Waals surface area contributed by atoms with Gasteiger partial charge >= 0.3 is 0 Å². The van der Waals surface area contributed by atoms with Crippen LogP contribution in [-0.4, -0.2) is 30.0 Å². The van der Waals surface area contributed by atoms with Crippen LogP contribution in [0.5, 0.6) is 11.5 Å². The number of hydrogen-bond acceptors (Lipinski definition) is 5. The molecule has 3 aromatic carbocycles. The monoisotopic (exact) mass is 519 g/mol. The summed E-state index contributed by atoms with van der Waals surface area (Å²) in [7, 11) is 0. The van der Waals surface area contributed by atoms with Gasteiger partial charge in [-0.2, -0.15) is 0 Å². The van der Waals surface area contributed by atoms with Gasteiger partial charge in [-0.3, -0.25) is 14.5 Å². The Kier molecular flexibility index (Phi) is 7.89. The maximum atomic E-state index is 13.5. The molecule has 1 aliphatic rings. The van der Waals surface area contributed by atoms with Crippen LogP contribution < -0.4 is 14.4 Å². The predicted molar refractivity (Wildman–Crippen MR) is 146 cm³/mol. The van der Waals surface area contributed by atoms with Crippen LogP contribution >= 0.6 is 11.6 Å². The van der Waals surface area contributed by atoms with Gasteiger partial charge in [0.25, 0.3) is 11.7 Å². The Bertz CT molecular complexity index is 1350. The first-order valence-electron chi connectivity index (χ1n) is 12.3. The van der Waals surface area contributed by atoms with Gasteiger partial charge < -0.3 is 14.6 Å². The first-order valence-corrected chi connectivity index (χ1v) is 12.7. The first kappa shape index (κ1) is 26.3. The number of Topliss-reactive ketones (excluding diaryl/α,β-unsaturated/α-hetero) is 1. The minimum Gasteiger partial charge on any atom is -0.507 e. The minimum atomic E-state index is -0.864. The van der Waals surface area contributed by atoms with Gasteiger partial charge in [0, 0.05) is 11.3 Å². The number of carbonyl (C=O) groups is 2. The average molecular weight is 520 g/mol. The molecule has 1 fully saturated rings. The van der Waals surface area contributed by atoms with E-state index in [1.165, 1.54) is 4.90 Å². The summed E-state index contributed by atoms with van der Waals surface area (Å²) in [6.07, 6.45) is 0. The van der Waals surface area contributed by atoms with E-state index in [0.717, 1.165) is 5.56 Å². The van der Waals surface area contributed by atoms with E-state index in [9.17, 15) is 14.7 Å². The second-order valence-electron chi connectivity index (χ2n) is 9.00. The molecule has 1 amide bonds. The molecule has 0 aliphatic carbocycles. The van der Waals surface area contributed by atoms with Crippen molar-refractivity contribution < 1.29 is 24.2 Å². The lowest BCUT2D eigenvalue weighted by atomic mass is 9.94. The number of amides is 1. The van der Waals surface area contributed by atoms with E-state index >= 15 is 0 Å². The number of ketones is 1. The Labute approximate surface area is 222 Å². The largest absolute Gasteiger partial charge is 0.507 e. The second-order valence-corrected chi connectivity index (χ2v) is 9.41. The smallest absolute Gasteiger partial charge is 0.300 e. The molecule has 192 valence electrons. The summed E-state index contributed by atoms with van der Waals surface area (Å²) >= 11 is 6.24. The zero-order valence-corrected chi connectivity index (χ0v) is 22.1. The van der Waals surface area contributed by atoms with Crippen molar-refractivity contribution in [1.29, 1.82) is 0 Å². The lowest BCUT2D eigenvalue weighted by Gasteiger charge is -2.26. The van der Waals surface area contributed by atoms with Crippen LogP contribution in [0.2, 0.25) is 5.02 Å². The van der Waals surface area contributed by atoms with Gasteiger partial charge in [-0.15, -0.1) is 0 Å². The van der Waals surface area contributed by atoms with E-state index in [0.29, 0.717) is 52.5 Å². The zero-order chi connectivity index (χ0) is 26.7. The number of aliphatic hydroxyl groups is 1. The van der Waals surface area contributed by atoms with Crippen molar-refractivity contribution >= 4 is 34.7 Å². The minimum absolute atomic E-state index is 0.0173. The van der Waals surface area contributed by atoms with Crippen LogP contribution in [0.3, 0.4) is 0 Å². The van der Waals surface area contributed by atoms with Crippen LogP contribution in [0.25, 0.3) is 5.76 Å². The standard InChI is InChI=1S/C30H30ClNO5/c1-5-36-23-9-7-8-20(16-23)27-26(28(33)21-12-15-24(31)25(17-21)37-6-2)29(34)30(35)32(27)22-13-10-19(11-14-22)18(3)4/h7-18,27,33H,5-6H2,1-4H3/b28-26-. The van der Waals surface area contributed by atoms with Gasteiger partial charge in [0.05, 0.1) is 29.9 Å².